The number of anilines is 1. The zero-order valence-electron chi connectivity index (χ0n) is 12.6. The Labute approximate surface area is 129 Å². The Morgan fingerprint density at radius 1 is 1.09 bits per heavy atom. The molecular formula is C16H19N3O3. The lowest BCUT2D eigenvalue weighted by molar-refractivity contribution is -0.136. The SMILES string of the molecule is CN(C)C(CNC(=O)C(=O)Nc1ccccc1)c1ccco1. The highest BCUT2D eigenvalue weighted by Gasteiger charge is 2.20. The Bertz CT molecular complexity index is 609. The molecule has 1 atom stereocenters. The molecule has 0 spiro atoms. The molecule has 2 amide bonds. The number of carbonyl (C=O) groups is 2. The van der Waals surface area contributed by atoms with E-state index in [0.717, 1.165) is 5.76 Å². The van der Waals surface area contributed by atoms with Crippen LogP contribution in [0.25, 0.3) is 0 Å². The van der Waals surface area contributed by atoms with Crippen molar-refractivity contribution in [1.82, 2.24) is 10.2 Å². The highest BCUT2D eigenvalue weighted by atomic mass is 16.3. The molecule has 0 aliphatic carbocycles. The number of likely N-dealkylation sites (N-methyl/N-ethyl adjacent to an activating group) is 1. The molecule has 6 nitrogen and oxygen atoms in total. The third kappa shape index (κ3) is 4.20. The maximum absolute atomic E-state index is 11.9. The maximum atomic E-state index is 11.9. The summed E-state index contributed by atoms with van der Waals surface area (Å²) in [5.74, 6) is -0.640. The van der Waals surface area contributed by atoms with Gasteiger partial charge in [-0.15, -0.1) is 0 Å². The first-order valence-electron chi connectivity index (χ1n) is 6.92. The van der Waals surface area contributed by atoms with Gasteiger partial charge in [0.15, 0.2) is 0 Å². The lowest BCUT2D eigenvalue weighted by Gasteiger charge is -2.22. The number of rotatable bonds is 5. The molecule has 1 aromatic heterocycles. The Balaban J connectivity index is 1.89. The van der Waals surface area contributed by atoms with Crippen molar-refractivity contribution in [3.8, 4) is 0 Å². The standard InChI is InChI=1S/C16H19N3O3/c1-19(2)13(14-9-6-10-22-14)11-17-15(20)16(21)18-12-7-4-3-5-8-12/h3-10,13H,11H2,1-2H3,(H,17,20)(H,18,21). The summed E-state index contributed by atoms with van der Waals surface area (Å²) < 4.78 is 5.35. The van der Waals surface area contributed by atoms with Crippen molar-refractivity contribution in [2.45, 2.75) is 6.04 Å². The third-order valence-electron chi connectivity index (χ3n) is 3.19. The number of furan rings is 1. The van der Waals surface area contributed by atoms with Crippen LogP contribution in [0, 0.1) is 0 Å². The maximum Gasteiger partial charge on any atom is 0.313 e. The Kier molecular flexibility index (Phi) is 5.32. The number of nitrogens with zero attached hydrogens (tertiary/aromatic N) is 1. The molecule has 116 valence electrons. The lowest BCUT2D eigenvalue weighted by Crippen LogP contribution is -2.40. The molecule has 1 aromatic carbocycles. The molecule has 0 fully saturated rings. The zero-order valence-corrected chi connectivity index (χ0v) is 12.6. The Morgan fingerprint density at radius 2 is 1.82 bits per heavy atom. The average molecular weight is 301 g/mol. The second kappa shape index (κ2) is 7.42. The number of carbonyl (C=O) groups excluding carboxylic acids is 2. The van der Waals surface area contributed by atoms with Crippen molar-refractivity contribution in [3.63, 3.8) is 0 Å². The van der Waals surface area contributed by atoms with Gasteiger partial charge in [0, 0.05) is 12.2 Å². The first-order chi connectivity index (χ1) is 10.6. The van der Waals surface area contributed by atoms with Crippen LogP contribution < -0.4 is 10.6 Å². The van der Waals surface area contributed by atoms with E-state index in [0.29, 0.717) is 5.69 Å². The van der Waals surface area contributed by atoms with Gasteiger partial charge in [-0.2, -0.15) is 0 Å². The number of para-hydroxylation sites is 1. The van der Waals surface area contributed by atoms with E-state index >= 15 is 0 Å². The van der Waals surface area contributed by atoms with Crippen LogP contribution in [0.15, 0.2) is 53.1 Å². The molecular weight excluding hydrogens is 282 g/mol. The van der Waals surface area contributed by atoms with Crippen LogP contribution in [-0.2, 0) is 9.59 Å². The molecule has 2 N–H and O–H groups in total. The highest BCUT2D eigenvalue weighted by Crippen LogP contribution is 2.17. The van der Waals surface area contributed by atoms with Gasteiger partial charge in [-0.05, 0) is 38.4 Å². The van der Waals surface area contributed by atoms with Crippen molar-refractivity contribution in [3.05, 3.63) is 54.5 Å². The van der Waals surface area contributed by atoms with Gasteiger partial charge >= 0.3 is 11.8 Å². The number of nitrogens with one attached hydrogen (secondary N) is 2. The van der Waals surface area contributed by atoms with Gasteiger partial charge in [0.2, 0.25) is 0 Å². The molecule has 1 heterocycles. The van der Waals surface area contributed by atoms with Crippen LogP contribution in [0.1, 0.15) is 11.8 Å². The lowest BCUT2D eigenvalue weighted by atomic mass is 10.2. The van der Waals surface area contributed by atoms with E-state index in [1.165, 1.54) is 0 Å². The highest BCUT2D eigenvalue weighted by molar-refractivity contribution is 6.39. The summed E-state index contributed by atoms with van der Waals surface area (Å²) in [7, 11) is 3.76. The van der Waals surface area contributed by atoms with E-state index in [1.54, 1.807) is 36.6 Å². The minimum Gasteiger partial charge on any atom is -0.468 e. The van der Waals surface area contributed by atoms with Crippen LogP contribution in [0.5, 0.6) is 0 Å². The molecule has 0 aliphatic rings. The second-order valence-corrected chi connectivity index (χ2v) is 5.03. The van der Waals surface area contributed by atoms with Gasteiger partial charge in [-0.3, -0.25) is 14.5 Å². The summed E-state index contributed by atoms with van der Waals surface area (Å²) in [4.78, 5) is 25.6. The molecule has 0 saturated carbocycles. The molecule has 2 rings (SSSR count). The van der Waals surface area contributed by atoms with Gasteiger partial charge in [0.25, 0.3) is 0 Å². The zero-order chi connectivity index (χ0) is 15.9. The molecule has 6 heteroatoms. The van der Waals surface area contributed by atoms with Crippen molar-refractivity contribution in [2.24, 2.45) is 0 Å². The number of hydrogen-bond acceptors (Lipinski definition) is 4. The first-order valence-corrected chi connectivity index (χ1v) is 6.92. The molecule has 0 aliphatic heterocycles. The molecule has 1 unspecified atom stereocenters. The topological polar surface area (TPSA) is 74.6 Å². The van der Waals surface area contributed by atoms with E-state index in [4.69, 9.17) is 4.42 Å². The second-order valence-electron chi connectivity index (χ2n) is 5.03. The fourth-order valence-corrected chi connectivity index (χ4v) is 2.00. The predicted molar refractivity (Wildman–Crippen MR) is 83.2 cm³/mol. The van der Waals surface area contributed by atoms with Crippen molar-refractivity contribution in [1.29, 1.82) is 0 Å². The van der Waals surface area contributed by atoms with Gasteiger partial charge in [-0.25, -0.2) is 0 Å². The van der Waals surface area contributed by atoms with Crippen LogP contribution in [0.2, 0.25) is 0 Å². The van der Waals surface area contributed by atoms with Gasteiger partial charge < -0.3 is 15.1 Å². The van der Waals surface area contributed by atoms with Crippen LogP contribution in [0.3, 0.4) is 0 Å². The summed E-state index contributed by atoms with van der Waals surface area (Å²) in [5.41, 5.74) is 0.581. The first kappa shape index (κ1) is 15.8. The summed E-state index contributed by atoms with van der Waals surface area (Å²) >= 11 is 0. The average Bonchev–Trinajstić information content (AvgIpc) is 3.02. The van der Waals surface area contributed by atoms with E-state index in [2.05, 4.69) is 10.6 Å². The third-order valence-corrected chi connectivity index (χ3v) is 3.19. The number of hydrogen-bond donors (Lipinski definition) is 2. The molecule has 2 aromatic rings. The summed E-state index contributed by atoms with van der Waals surface area (Å²) in [6.07, 6.45) is 1.58. The van der Waals surface area contributed by atoms with Crippen molar-refractivity contribution < 1.29 is 14.0 Å². The Hall–Kier alpha value is -2.60. The fourth-order valence-electron chi connectivity index (χ4n) is 2.00. The van der Waals surface area contributed by atoms with E-state index in [1.807, 2.05) is 31.1 Å². The monoisotopic (exact) mass is 301 g/mol. The summed E-state index contributed by atoms with van der Waals surface area (Å²) in [6.45, 7) is 0.279. The molecule has 0 bridgehead atoms. The van der Waals surface area contributed by atoms with Crippen molar-refractivity contribution >= 4 is 17.5 Å². The van der Waals surface area contributed by atoms with E-state index < -0.39 is 11.8 Å². The largest absolute Gasteiger partial charge is 0.468 e. The molecule has 0 radical (unpaired) electrons. The van der Waals surface area contributed by atoms with Gasteiger partial charge in [-0.1, -0.05) is 18.2 Å². The fraction of sp³-hybridized carbons (Fsp3) is 0.250. The molecule has 22 heavy (non-hydrogen) atoms. The van der Waals surface area contributed by atoms with Gasteiger partial charge in [0.05, 0.1) is 12.3 Å². The predicted octanol–water partition coefficient (Wildman–Crippen LogP) is 1.64. The van der Waals surface area contributed by atoms with Crippen LogP contribution >= 0.6 is 0 Å². The van der Waals surface area contributed by atoms with Crippen LogP contribution in [0.4, 0.5) is 5.69 Å². The smallest absolute Gasteiger partial charge is 0.313 e. The Morgan fingerprint density at radius 3 is 2.41 bits per heavy atom. The van der Waals surface area contributed by atoms with Gasteiger partial charge in [0.1, 0.15) is 5.76 Å². The van der Waals surface area contributed by atoms with E-state index in [-0.39, 0.29) is 12.6 Å². The quantitative estimate of drug-likeness (QED) is 0.823. The minimum atomic E-state index is -0.692. The summed E-state index contributed by atoms with van der Waals surface area (Å²) in [6, 6.07) is 12.3. The molecule has 0 saturated heterocycles. The number of benzene rings is 1. The van der Waals surface area contributed by atoms with Crippen LogP contribution in [-0.4, -0.2) is 37.4 Å². The minimum absolute atomic E-state index is 0.136. The number of amides is 2. The van der Waals surface area contributed by atoms with E-state index in [9.17, 15) is 9.59 Å². The normalized spacial score (nSPS) is 12.0. The summed E-state index contributed by atoms with van der Waals surface area (Å²) in [5, 5.41) is 5.16. The van der Waals surface area contributed by atoms with Crippen molar-refractivity contribution in [2.75, 3.05) is 26.0 Å².